The van der Waals surface area contributed by atoms with Gasteiger partial charge in [-0.25, -0.2) is 0 Å². The van der Waals surface area contributed by atoms with Gasteiger partial charge >= 0.3 is 0 Å². The average molecular weight is 263 g/mol. The van der Waals surface area contributed by atoms with Crippen molar-refractivity contribution in [1.82, 2.24) is 5.32 Å². The molecule has 0 radical (unpaired) electrons. The SMILES string of the molecule is Cc1ccc(C2=CC3CCCC(C2)N3)c2ccccc12. The lowest BCUT2D eigenvalue weighted by Gasteiger charge is -2.35. The number of fused-ring (bicyclic) bond motifs is 3. The van der Waals surface area contributed by atoms with E-state index in [2.05, 4.69) is 54.7 Å². The Kier molecular flexibility index (Phi) is 2.89. The second-order valence-electron chi connectivity index (χ2n) is 6.27. The first-order valence-corrected chi connectivity index (χ1v) is 7.77. The van der Waals surface area contributed by atoms with E-state index in [1.807, 2.05) is 0 Å². The fourth-order valence-corrected chi connectivity index (χ4v) is 3.85. The highest BCUT2D eigenvalue weighted by Gasteiger charge is 2.26. The minimum absolute atomic E-state index is 0.595. The molecule has 1 nitrogen and oxygen atoms in total. The maximum absolute atomic E-state index is 3.74. The van der Waals surface area contributed by atoms with Crippen LogP contribution >= 0.6 is 0 Å². The van der Waals surface area contributed by atoms with Crippen molar-refractivity contribution in [2.45, 2.75) is 44.7 Å². The van der Waals surface area contributed by atoms with Crippen LogP contribution in [0.3, 0.4) is 0 Å². The molecule has 2 unspecified atom stereocenters. The monoisotopic (exact) mass is 263 g/mol. The number of nitrogens with one attached hydrogen (secondary N) is 1. The van der Waals surface area contributed by atoms with Crippen LogP contribution in [0.25, 0.3) is 16.3 Å². The van der Waals surface area contributed by atoms with E-state index in [0.717, 1.165) is 0 Å². The third kappa shape index (κ3) is 1.97. The molecule has 4 rings (SSSR count). The molecule has 2 bridgehead atoms. The second kappa shape index (κ2) is 4.75. The lowest BCUT2D eigenvalue weighted by Crippen LogP contribution is -2.44. The average Bonchev–Trinajstić information content (AvgIpc) is 2.47. The van der Waals surface area contributed by atoms with Gasteiger partial charge in [0, 0.05) is 12.1 Å². The van der Waals surface area contributed by atoms with E-state index in [4.69, 9.17) is 0 Å². The maximum atomic E-state index is 3.74. The Morgan fingerprint density at radius 3 is 2.70 bits per heavy atom. The Labute approximate surface area is 120 Å². The predicted molar refractivity (Wildman–Crippen MR) is 85.8 cm³/mol. The molecule has 0 aromatic heterocycles. The lowest BCUT2D eigenvalue weighted by atomic mass is 9.83. The van der Waals surface area contributed by atoms with Crippen LogP contribution in [-0.2, 0) is 0 Å². The zero-order valence-electron chi connectivity index (χ0n) is 12.0. The van der Waals surface area contributed by atoms with Crippen molar-refractivity contribution in [3.8, 4) is 0 Å². The number of rotatable bonds is 1. The minimum Gasteiger partial charge on any atom is -0.307 e. The molecule has 1 saturated heterocycles. The van der Waals surface area contributed by atoms with Gasteiger partial charge in [0.25, 0.3) is 0 Å². The van der Waals surface area contributed by atoms with Gasteiger partial charge in [-0.05, 0) is 53.7 Å². The molecular formula is C19H21N. The Bertz CT molecular complexity index is 683. The Morgan fingerprint density at radius 2 is 1.85 bits per heavy atom. The molecule has 2 aliphatic rings. The molecule has 0 amide bonds. The first kappa shape index (κ1) is 12.2. The summed E-state index contributed by atoms with van der Waals surface area (Å²) in [6, 6.07) is 14.7. The van der Waals surface area contributed by atoms with E-state index in [9.17, 15) is 0 Å². The number of benzene rings is 2. The summed E-state index contributed by atoms with van der Waals surface area (Å²) in [6.45, 7) is 2.21. The highest BCUT2D eigenvalue weighted by molar-refractivity contribution is 5.96. The molecule has 2 aromatic carbocycles. The lowest BCUT2D eigenvalue weighted by molar-refractivity contribution is 0.348. The minimum atomic E-state index is 0.595. The number of piperidine rings is 1. The summed E-state index contributed by atoms with van der Waals surface area (Å²) in [5, 5.41) is 6.55. The van der Waals surface area contributed by atoms with Crippen molar-refractivity contribution < 1.29 is 0 Å². The standard InChI is InChI=1S/C19H21N/c1-13-9-10-18(19-8-3-2-7-17(13)19)14-11-15-5-4-6-16(12-14)20-15/h2-3,7-11,15-16,20H,4-6,12H2,1H3. The zero-order chi connectivity index (χ0) is 13.5. The molecule has 1 heteroatoms. The highest BCUT2D eigenvalue weighted by Crippen LogP contribution is 2.35. The van der Waals surface area contributed by atoms with E-state index < -0.39 is 0 Å². The van der Waals surface area contributed by atoms with Crippen molar-refractivity contribution in [2.24, 2.45) is 0 Å². The van der Waals surface area contributed by atoms with Crippen LogP contribution < -0.4 is 5.32 Å². The Hall–Kier alpha value is -1.60. The molecular weight excluding hydrogens is 242 g/mol. The summed E-state index contributed by atoms with van der Waals surface area (Å²) in [5.41, 5.74) is 4.37. The fourth-order valence-electron chi connectivity index (χ4n) is 3.85. The molecule has 2 heterocycles. The first-order valence-electron chi connectivity index (χ1n) is 7.77. The summed E-state index contributed by atoms with van der Waals surface area (Å²) < 4.78 is 0. The number of hydrogen-bond donors (Lipinski definition) is 1. The molecule has 1 N–H and O–H groups in total. The van der Waals surface area contributed by atoms with Gasteiger partial charge in [0.15, 0.2) is 0 Å². The van der Waals surface area contributed by atoms with Gasteiger partial charge in [0.05, 0.1) is 0 Å². The second-order valence-corrected chi connectivity index (χ2v) is 6.27. The largest absolute Gasteiger partial charge is 0.307 e. The number of aryl methyl sites for hydroxylation is 1. The molecule has 102 valence electrons. The molecule has 2 atom stereocenters. The molecule has 2 aromatic rings. The predicted octanol–water partition coefficient (Wildman–Crippen LogP) is 4.45. The van der Waals surface area contributed by atoms with E-state index in [-0.39, 0.29) is 0 Å². The van der Waals surface area contributed by atoms with Crippen LogP contribution in [0.2, 0.25) is 0 Å². The van der Waals surface area contributed by atoms with E-state index in [1.54, 1.807) is 5.57 Å². The van der Waals surface area contributed by atoms with Crippen molar-refractivity contribution in [3.05, 3.63) is 53.6 Å². The summed E-state index contributed by atoms with van der Waals surface area (Å²) in [4.78, 5) is 0. The van der Waals surface area contributed by atoms with E-state index in [0.29, 0.717) is 12.1 Å². The number of hydrogen-bond acceptors (Lipinski definition) is 1. The molecule has 2 aliphatic heterocycles. The summed E-state index contributed by atoms with van der Waals surface area (Å²) in [5.74, 6) is 0. The summed E-state index contributed by atoms with van der Waals surface area (Å²) in [6.07, 6.45) is 7.67. The Morgan fingerprint density at radius 1 is 1.00 bits per heavy atom. The van der Waals surface area contributed by atoms with Gasteiger partial charge in [-0.3, -0.25) is 0 Å². The topological polar surface area (TPSA) is 12.0 Å². The van der Waals surface area contributed by atoms with Crippen molar-refractivity contribution >= 4 is 16.3 Å². The van der Waals surface area contributed by atoms with Gasteiger partial charge < -0.3 is 5.32 Å². The van der Waals surface area contributed by atoms with Crippen LogP contribution in [0.15, 0.2) is 42.5 Å². The molecule has 0 aliphatic carbocycles. The van der Waals surface area contributed by atoms with Gasteiger partial charge in [-0.15, -0.1) is 0 Å². The van der Waals surface area contributed by atoms with Gasteiger partial charge in [-0.2, -0.15) is 0 Å². The quantitative estimate of drug-likeness (QED) is 0.801. The fraction of sp³-hybridized carbons (Fsp3) is 0.368. The van der Waals surface area contributed by atoms with Crippen LogP contribution in [0.5, 0.6) is 0 Å². The van der Waals surface area contributed by atoms with Crippen molar-refractivity contribution in [1.29, 1.82) is 0 Å². The molecule has 0 saturated carbocycles. The Balaban J connectivity index is 1.86. The smallest absolute Gasteiger partial charge is 0.0258 e. The van der Waals surface area contributed by atoms with Crippen LogP contribution in [-0.4, -0.2) is 12.1 Å². The van der Waals surface area contributed by atoms with Gasteiger partial charge in [-0.1, -0.05) is 48.9 Å². The normalized spacial score (nSPS) is 25.6. The first-order chi connectivity index (χ1) is 9.81. The third-order valence-electron chi connectivity index (χ3n) is 4.87. The van der Waals surface area contributed by atoms with Crippen molar-refractivity contribution in [2.75, 3.05) is 0 Å². The molecule has 0 spiro atoms. The van der Waals surface area contributed by atoms with Crippen molar-refractivity contribution in [3.63, 3.8) is 0 Å². The molecule has 20 heavy (non-hydrogen) atoms. The van der Waals surface area contributed by atoms with E-state index in [1.165, 1.54) is 47.6 Å². The maximum Gasteiger partial charge on any atom is 0.0258 e. The summed E-state index contributed by atoms with van der Waals surface area (Å²) in [7, 11) is 0. The summed E-state index contributed by atoms with van der Waals surface area (Å²) >= 11 is 0. The van der Waals surface area contributed by atoms with Gasteiger partial charge in [0.2, 0.25) is 0 Å². The zero-order valence-corrected chi connectivity index (χ0v) is 12.0. The van der Waals surface area contributed by atoms with Crippen LogP contribution in [0.1, 0.15) is 36.8 Å². The van der Waals surface area contributed by atoms with Crippen LogP contribution in [0.4, 0.5) is 0 Å². The van der Waals surface area contributed by atoms with Crippen LogP contribution in [0, 0.1) is 6.92 Å². The van der Waals surface area contributed by atoms with Gasteiger partial charge in [0.1, 0.15) is 0 Å². The third-order valence-corrected chi connectivity index (χ3v) is 4.87. The highest BCUT2D eigenvalue weighted by atomic mass is 15.0. The van der Waals surface area contributed by atoms with E-state index >= 15 is 0 Å². The molecule has 1 fully saturated rings.